The van der Waals surface area contributed by atoms with Crippen molar-refractivity contribution in [3.05, 3.63) is 23.7 Å². The molecule has 0 radical (unpaired) electrons. The lowest BCUT2D eigenvalue weighted by Crippen LogP contribution is -3.16. The number of morpholine rings is 1. The van der Waals surface area contributed by atoms with E-state index in [4.69, 9.17) is 9.15 Å². The van der Waals surface area contributed by atoms with Crippen molar-refractivity contribution in [2.45, 2.75) is 13.5 Å². The van der Waals surface area contributed by atoms with Crippen molar-refractivity contribution in [2.75, 3.05) is 39.4 Å². The lowest BCUT2D eigenvalue weighted by molar-refractivity contribution is -0.920. The maximum Gasteiger partial charge on any atom is 0.158 e. The third-order valence-corrected chi connectivity index (χ3v) is 3.04. The van der Waals surface area contributed by atoms with Gasteiger partial charge in [-0.25, -0.2) is 0 Å². The van der Waals surface area contributed by atoms with Gasteiger partial charge in [-0.15, -0.1) is 0 Å². The molecule has 0 atom stereocenters. The van der Waals surface area contributed by atoms with Crippen molar-refractivity contribution < 1.29 is 19.4 Å². The normalized spacial score (nSPS) is 17.8. The van der Waals surface area contributed by atoms with Crippen LogP contribution < -0.4 is 10.2 Å². The van der Waals surface area contributed by atoms with E-state index >= 15 is 0 Å². The molecule has 0 amide bonds. The van der Waals surface area contributed by atoms with E-state index in [1.807, 2.05) is 13.0 Å². The van der Waals surface area contributed by atoms with Gasteiger partial charge in [0.25, 0.3) is 0 Å². The number of nitrogens with two attached hydrogens (primary N) is 1. The van der Waals surface area contributed by atoms with Crippen LogP contribution in [-0.4, -0.2) is 39.4 Å². The minimum atomic E-state index is 0.923. The first kappa shape index (κ1) is 11.6. The van der Waals surface area contributed by atoms with Crippen LogP contribution in [0.3, 0.4) is 0 Å². The summed E-state index contributed by atoms with van der Waals surface area (Å²) in [6, 6.07) is 4.09. The molecule has 16 heavy (non-hydrogen) atoms. The van der Waals surface area contributed by atoms with Crippen molar-refractivity contribution in [1.29, 1.82) is 0 Å². The molecule has 3 N–H and O–H groups in total. The Kier molecular flexibility index (Phi) is 4.39. The zero-order valence-corrected chi connectivity index (χ0v) is 10.00. The summed E-state index contributed by atoms with van der Waals surface area (Å²) in [4.78, 5) is 1.66. The predicted molar refractivity (Wildman–Crippen MR) is 60.3 cm³/mol. The van der Waals surface area contributed by atoms with Crippen molar-refractivity contribution >= 4 is 0 Å². The van der Waals surface area contributed by atoms with Crippen molar-refractivity contribution in [1.82, 2.24) is 0 Å². The molecule has 0 bridgehead atoms. The van der Waals surface area contributed by atoms with E-state index in [2.05, 4.69) is 11.4 Å². The van der Waals surface area contributed by atoms with Gasteiger partial charge in [0.1, 0.15) is 38.5 Å². The molecule has 0 spiro atoms. The Morgan fingerprint density at radius 1 is 1.31 bits per heavy atom. The first-order valence-electron chi connectivity index (χ1n) is 6.13. The summed E-state index contributed by atoms with van der Waals surface area (Å²) < 4.78 is 10.8. The zero-order chi connectivity index (χ0) is 11.2. The number of aryl methyl sites for hydroxylation is 1. The van der Waals surface area contributed by atoms with Crippen LogP contribution in [0.4, 0.5) is 0 Å². The Morgan fingerprint density at radius 2 is 2.12 bits per heavy atom. The summed E-state index contributed by atoms with van der Waals surface area (Å²) in [5, 5.41) is 2.32. The van der Waals surface area contributed by atoms with Gasteiger partial charge in [-0.05, 0) is 19.1 Å². The Labute approximate surface area is 96.6 Å². The largest absolute Gasteiger partial charge is 0.460 e. The molecule has 1 aliphatic rings. The number of hydrogen-bond donors (Lipinski definition) is 2. The quantitative estimate of drug-likeness (QED) is 0.604. The second kappa shape index (κ2) is 6.03. The highest BCUT2D eigenvalue weighted by Crippen LogP contribution is 2.03. The summed E-state index contributed by atoms with van der Waals surface area (Å²) in [6.07, 6.45) is 0. The van der Waals surface area contributed by atoms with Gasteiger partial charge in [-0.1, -0.05) is 0 Å². The fraction of sp³-hybridized carbons (Fsp3) is 0.667. The van der Waals surface area contributed by atoms with Gasteiger partial charge in [0.2, 0.25) is 0 Å². The Morgan fingerprint density at radius 3 is 2.81 bits per heavy atom. The van der Waals surface area contributed by atoms with Gasteiger partial charge in [0, 0.05) is 0 Å². The van der Waals surface area contributed by atoms with E-state index in [9.17, 15) is 0 Å². The molecule has 1 fully saturated rings. The summed E-state index contributed by atoms with van der Waals surface area (Å²) in [6.45, 7) is 9.50. The third kappa shape index (κ3) is 3.63. The van der Waals surface area contributed by atoms with E-state index < -0.39 is 0 Å². The highest BCUT2D eigenvalue weighted by atomic mass is 16.5. The van der Waals surface area contributed by atoms with Crippen LogP contribution in [0.25, 0.3) is 0 Å². The number of rotatable bonds is 5. The Balaban J connectivity index is 1.57. The maximum atomic E-state index is 5.52. The Hall–Kier alpha value is -0.840. The fourth-order valence-electron chi connectivity index (χ4n) is 2.06. The summed E-state index contributed by atoms with van der Waals surface area (Å²) in [5.74, 6) is 2.08. The molecule has 90 valence electrons. The highest BCUT2D eigenvalue weighted by Gasteiger charge is 2.13. The molecular weight excluding hydrogens is 204 g/mol. The van der Waals surface area contributed by atoms with Gasteiger partial charge in [-0.3, -0.25) is 0 Å². The second-order valence-electron chi connectivity index (χ2n) is 4.41. The lowest BCUT2D eigenvalue weighted by atomic mass is 10.4. The van der Waals surface area contributed by atoms with Gasteiger partial charge in [0.05, 0.1) is 13.2 Å². The van der Waals surface area contributed by atoms with Crippen LogP contribution in [0.15, 0.2) is 16.5 Å². The van der Waals surface area contributed by atoms with Crippen LogP contribution in [0.1, 0.15) is 11.5 Å². The third-order valence-electron chi connectivity index (χ3n) is 3.04. The van der Waals surface area contributed by atoms with Crippen molar-refractivity contribution in [3.63, 3.8) is 0 Å². The van der Waals surface area contributed by atoms with Gasteiger partial charge in [-0.2, -0.15) is 0 Å². The number of ether oxygens (including phenoxy) is 1. The summed E-state index contributed by atoms with van der Waals surface area (Å²) >= 11 is 0. The van der Waals surface area contributed by atoms with Crippen LogP contribution >= 0.6 is 0 Å². The van der Waals surface area contributed by atoms with E-state index in [0.717, 1.165) is 50.9 Å². The number of quaternary nitrogens is 2. The molecule has 1 aliphatic heterocycles. The molecule has 0 aromatic carbocycles. The standard InChI is InChI=1S/C12H20N2O2/c1-11-2-3-12(16-11)10-13-4-5-14-6-8-15-9-7-14/h2-3,13H,4-10H2,1H3/p+2. The summed E-state index contributed by atoms with van der Waals surface area (Å²) in [5.41, 5.74) is 0. The monoisotopic (exact) mass is 226 g/mol. The van der Waals surface area contributed by atoms with E-state index in [1.165, 1.54) is 6.54 Å². The molecule has 1 aromatic heterocycles. The number of furan rings is 1. The molecule has 4 nitrogen and oxygen atoms in total. The van der Waals surface area contributed by atoms with Gasteiger partial charge >= 0.3 is 0 Å². The van der Waals surface area contributed by atoms with Crippen molar-refractivity contribution in [2.24, 2.45) is 0 Å². The first-order valence-corrected chi connectivity index (χ1v) is 6.13. The highest BCUT2D eigenvalue weighted by molar-refractivity contribution is 5.03. The Bertz CT molecular complexity index is 306. The van der Waals surface area contributed by atoms with E-state index in [-0.39, 0.29) is 0 Å². The smallest absolute Gasteiger partial charge is 0.158 e. The molecule has 4 heteroatoms. The molecule has 2 rings (SSSR count). The van der Waals surface area contributed by atoms with Crippen molar-refractivity contribution in [3.8, 4) is 0 Å². The molecule has 0 saturated carbocycles. The molecule has 2 heterocycles. The topological polar surface area (TPSA) is 43.4 Å². The minimum Gasteiger partial charge on any atom is -0.460 e. The molecular formula is C12H22N2O2+2. The van der Waals surface area contributed by atoms with Gasteiger partial charge in [0.15, 0.2) is 5.76 Å². The summed E-state index contributed by atoms with van der Waals surface area (Å²) in [7, 11) is 0. The van der Waals surface area contributed by atoms with E-state index in [1.54, 1.807) is 4.90 Å². The van der Waals surface area contributed by atoms with Crippen LogP contribution in [0.5, 0.6) is 0 Å². The van der Waals surface area contributed by atoms with Crippen LogP contribution in [0, 0.1) is 6.92 Å². The van der Waals surface area contributed by atoms with Crippen LogP contribution in [-0.2, 0) is 11.3 Å². The van der Waals surface area contributed by atoms with Gasteiger partial charge < -0.3 is 19.4 Å². The predicted octanol–water partition coefficient (Wildman–Crippen LogP) is -1.43. The number of hydrogen-bond acceptors (Lipinski definition) is 2. The molecule has 1 aromatic rings. The molecule has 1 saturated heterocycles. The zero-order valence-electron chi connectivity index (χ0n) is 10.00. The average molecular weight is 226 g/mol. The fourth-order valence-corrected chi connectivity index (χ4v) is 2.06. The minimum absolute atomic E-state index is 0.923. The average Bonchev–Trinajstić information content (AvgIpc) is 2.72. The number of nitrogens with one attached hydrogen (secondary N) is 1. The lowest BCUT2D eigenvalue weighted by Gasteiger charge is -2.22. The SMILES string of the molecule is Cc1ccc(C[NH2+]CC[NH+]2CCOCC2)o1. The molecule has 0 unspecified atom stereocenters. The van der Waals surface area contributed by atoms with E-state index in [0.29, 0.717) is 0 Å². The second-order valence-corrected chi connectivity index (χ2v) is 4.41. The van der Waals surface area contributed by atoms with Crippen LogP contribution in [0.2, 0.25) is 0 Å². The maximum absolute atomic E-state index is 5.52. The molecule has 0 aliphatic carbocycles. The first-order chi connectivity index (χ1) is 7.84.